The number of hydrogen-bond acceptors (Lipinski definition) is 4. The van der Waals surface area contributed by atoms with Crippen molar-refractivity contribution in [1.82, 2.24) is 0 Å². The summed E-state index contributed by atoms with van der Waals surface area (Å²) in [6, 6.07) is 12.7. The molecule has 0 amide bonds. The molecule has 180 valence electrons. The van der Waals surface area contributed by atoms with Gasteiger partial charge in [-0.25, -0.2) is 0 Å². The Balaban J connectivity index is 1.85. The highest BCUT2D eigenvalue weighted by atomic mass is 19.3. The van der Waals surface area contributed by atoms with Crippen LogP contribution in [0, 0.1) is 5.92 Å². The van der Waals surface area contributed by atoms with Crippen molar-refractivity contribution in [2.45, 2.75) is 77.4 Å². The molecule has 3 N–H and O–H groups in total. The average Bonchev–Trinajstić information content (AvgIpc) is 2.80. The topological polar surface area (TPSA) is 70.6 Å². The molecule has 3 rings (SSSR count). The van der Waals surface area contributed by atoms with E-state index in [2.05, 4.69) is 22.3 Å². The Morgan fingerprint density at radius 3 is 2.39 bits per heavy atom. The van der Waals surface area contributed by atoms with E-state index in [-0.39, 0.29) is 18.1 Å². The number of hydrogen-bond donors (Lipinski definition) is 3. The van der Waals surface area contributed by atoms with Crippen molar-refractivity contribution in [3.8, 4) is 5.75 Å². The molecule has 1 fully saturated rings. The summed E-state index contributed by atoms with van der Waals surface area (Å²) in [5.41, 5.74) is 3.46. The van der Waals surface area contributed by atoms with E-state index >= 15 is 0 Å². The van der Waals surface area contributed by atoms with Crippen molar-refractivity contribution in [3.05, 3.63) is 48.0 Å². The van der Waals surface area contributed by atoms with E-state index in [4.69, 9.17) is 0 Å². The van der Waals surface area contributed by atoms with E-state index in [0.29, 0.717) is 12.0 Å². The number of ether oxygens (including phenoxy) is 1. The van der Waals surface area contributed by atoms with Gasteiger partial charge in [0.1, 0.15) is 5.75 Å². The van der Waals surface area contributed by atoms with Crippen LogP contribution in [-0.4, -0.2) is 23.7 Å². The first-order chi connectivity index (χ1) is 15.9. The zero-order chi connectivity index (χ0) is 23.8. The van der Waals surface area contributed by atoms with Gasteiger partial charge in [0.05, 0.1) is 17.8 Å². The zero-order valence-electron chi connectivity index (χ0n) is 19.3. The quantitative estimate of drug-likeness (QED) is 0.326. The summed E-state index contributed by atoms with van der Waals surface area (Å²) in [6.45, 7) is 1.33. The highest BCUT2D eigenvalue weighted by Gasteiger charge is 2.22. The first kappa shape index (κ1) is 24.8. The lowest BCUT2D eigenvalue weighted by Gasteiger charge is -2.30. The monoisotopic (exact) mass is 460 g/mol. The minimum atomic E-state index is -2.86. The Bertz CT molecular complexity index is 899. The summed E-state index contributed by atoms with van der Waals surface area (Å²) in [6.07, 6.45) is 7.06. The van der Waals surface area contributed by atoms with Crippen molar-refractivity contribution >= 4 is 23.0 Å². The molecule has 1 unspecified atom stereocenters. The van der Waals surface area contributed by atoms with E-state index in [9.17, 15) is 18.7 Å². The fourth-order valence-corrected chi connectivity index (χ4v) is 4.63. The molecule has 2 atom stereocenters. The van der Waals surface area contributed by atoms with Gasteiger partial charge in [-0.1, -0.05) is 32.3 Å². The molecule has 5 nitrogen and oxygen atoms in total. The smallest absolute Gasteiger partial charge is 0.387 e. The lowest BCUT2D eigenvalue weighted by molar-refractivity contribution is -0.137. The van der Waals surface area contributed by atoms with Crippen LogP contribution in [0.15, 0.2) is 42.5 Å². The Labute approximate surface area is 194 Å². The number of carboxylic acids is 1. The molecule has 1 aliphatic carbocycles. The maximum Gasteiger partial charge on any atom is 0.387 e. The number of anilines is 3. The summed E-state index contributed by atoms with van der Waals surface area (Å²) in [7, 11) is 0. The van der Waals surface area contributed by atoms with Crippen molar-refractivity contribution in [2.24, 2.45) is 5.92 Å². The normalized spacial score (nSPS) is 16.3. The fraction of sp³-hybridized carbons (Fsp3) is 0.500. The molecule has 2 aromatic carbocycles. The van der Waals surface area contributed by atoms with Crippen LogP contribution >= 0.6 is 0 Å². The van der Waals surface area contributed by atoms with Crippen LogP contribution in [0.2, 0.25) is 0 Å². The van der Waals surface area contributed by atoms with Crippen LogP contribution in [0.25, 0.3) is 0 Å². The molecule has 0 aromatic heterocycles. The molecule has 0 heterocycles. The second kappa shape index (κ2) is 11.9. The SMILES string of the molecule is CCC(CC(=O)O)c1ccc(N[C@@H](C)C2CCCCC2)c(Nc2ccc(OC(F)F)cc2)c1. The maximum atomic E-state index is 12.5. The summed E-state index contributed by atoms with van der Waals surface area (Å²) in [4.78, 5) is 11.3. The third-order valence-corrected chi connectivity index (χ3v) is 6.53. The molecular formula is C26H34F2N2O3. The van der Waals surface area contributed by atoms with Gasteiger partial charge in [-0.05, 0) is 80.0 Å². The minimum Gasteiger partial charge on any atom is -0.481 e. The molecule has 0 spiro atoms. The average molecular weight is 461 g/mol. The van der Waals surface area contributed by atoms with Gasteiger partial charge in [-0.2, -0.15) is 8.78 Å². The molecule has 1 aliphatic rings. The summed E-state index contributed by atoms with van der Waals surface area (Å²) in [5.74, 6) is -0.192. The predicted octanol–water partition coefficient (Wildman–Crippen LogP) is 7.38. The van der Waals surface area contributed by atoms with E-state index in [0.717, 1.165) is 29.0 Å². The molecule has 33 heavy (non-hydrogen) atoms. The van der Waals surface area contributed by atoms with Crippen LogP contribution < -0.4 is 15.4 Å². The third-order valence-electron chi connectivity index (χ3n) is 6.53. The van der Waals surface area contributed by atoms with Crippen molar-refractivity contribution in [1.29, 1.82) is 0 Å². The molecule has 7 heteroatoms. The van der Waals surface area contributed by atoms with Gasteiger partial charge in [0.25, 0.3) is 0 Å². The number of carbonyl (C=O) groups is 1. The maximum absolute atomic E-state index is 12.5. The number of alkyl halides is 2. The van der Waals surface area contributed by atoms with Gasteiger partial charge in [0, 0.05) is 11.7 Å². The Hall–Kier alpha value is -2.83. The van der Waals surface area contributed by atoms with Crippen molar-refractivity contribution in [3.63, 3.8) is 0 Å². The van der Waals surface area contributed by atoms with Gasteiger partial charge in [-0.3, -0.25) is 4.79 Å². The van der Waals surface area contributed by atoms with Crippen LogP contribution in [-0.2, 0) is 4.79 Å². The summed E-state index contributed by atoms with van der Waals surface area (Å²) < 4.78 is 29.3. The summed E-state index contributed by atoms with van der Waals surface area (Å²) >= 11 is 0. The van der Waals surface area contributed by atoms with Crippen molar-refractivity contribution in [2.75, 3.05) is 10.6 Å². The Kier molecular flexibility index (Phi) is 8.92. The minimum absolute atomic E-state index is 0.0703. The number of rotatable bonds is 11. The summed E-state index contributed by atoms with van der Waals surface area (Å²) in [5, 5.41) is 16.3. The zero-order valence-corrected chi connectivity index (χ0v) is 19.3. The van der Waals surface area contributed by atoms with E-state index in [1.165, 1.54) is 44.2 Å². The van der Waals surface area contributed by atoms with E-state index in [1.807, 2.05) is 25.1 Å². The number of nitrogens with one attached hydrogen (secondary N) is 2. The van der Waals surface area contributed by atoms with Gasteiger partial charge in [-0.15, -0.1) is 0 Å². The van der Waals surface area contributed by atoms with Gasteiger partial charge in [0.15, 0.2) is 0 Å². The second-order valence-corrected chi connectivity index (χ2v) is 8.87. The first-order valence-corrected chi connectivity index (χ1v) is 11.8. The van der Waals surface area contributed by atoms with Crippen LogP contribution in [0.1, 0.15) is 70.3 Å². The molecule has 0 radical (unpaired) electrons. The number of halogens is 2. The number of carboxylic acid groups (broad SMARTS) is 1. The van der Waals surface area contributed by atoms with Gasteiger partial charge >= 0.3 is 12.6 Å². The second-order valence-electron chi connectivity index (χ2n) is 8.87. The lowest BCUT2D eigenvalue weighted by Crippen LogP contribution is -2.28. The van der Waals surface area contributed by atoms with Crippen LogP contribution in [0.5, 0.6) is 5.75 Å². The van der Waals surface area contributed by atoms with Gasteiger partial charge < -0.3 is 20.5 Å². The first-order valence-electron chi connectivity index (χ1n) is 11.8. The molecule has 0 aliphatic heterocycles. The van der Waals surface area contributed by atoms with Crippen LogP contribution in [0.3, 0.4) is 0 Å². The fourth-order valence-electron chi connectivity index (χ4n) is 4.63. The third kappa shape index (κ3) is 7.34. The molecular weight excluding hydrogens is 426 g/mol. The lowest BCUT2D eigenvalue weighted by atomic mass is 9.84. The highest BCUT2D eigenvalue weighted by Crippen LogP contribution is 2.35. The molecule has 0 bridgehead atoms. The van der Waals surface area contributed by atoms with Gasteiger partial charge in [0.2, 0.25) is 0 Å². The predicted molar refractivity (Wildman–Crippen MR) is 128 cm³/mol. The molecule has 2 aromatic rings. The largest absolute Gasteiger partial charge is 0.481 e. The Morgan fingerprint density at radius 2 is 1.79 bits per heavy atom. The Morgan fingerprint density at radius 1 is 1.09 bits per heavy atom. The highest BCUT2D eigenvalue weighted by molar-refractivity contribution is 5.76. The van der Waals surface area contributed by atoms with E-state index < -0.39 is 12.6 Å². The van der Waals surface area contributed by atoms with E-state index in [1.54, 1.807) is 12.1 Å². The molecule has 0 saturated heterocycles. The van der Waals surface area contributed by atoms with Crippen molar-refractivity contribution < 1.29 is 23.4 Å². The number of aliphatic carboxylic acids is 1. The van der Waals surface area contributed by atoms with Crippen LogP contribution in [0.4, 0.5) is 25.8 Å². The standard InChI is InChI=1S/C26H34F2N2O3/c1-3-18(16-25(31)32)20-9-14-23(29-17(2)19-7-5-4-6-8-19)24(15-20)30-21-10-12-22(13-11-21)33-26(27)28/h9-15,17-19,26,29-30H,3-8,16H2,1-2H3,(H,31,32)/t17-,18?/m0/s1. The molecule has 1 saturated carbocycles. The number of benzene rings is 2.